The Bertz CT molecular complexity index is 800. The van der Waals surface area contributed by atoms with E-state index in [2.05, 4.69) is 21.6 Å². The number of fused-ring (bicyclic) bond motifs is 1. The van der Waals surface area contributed by atoms with E-state index >= 15 is 0 Å². The van der Waals surface area contributed by atoms with Gasteiger partial charge in [-0.25, -0.2) is 4.98 Å². The Balaban J connectivity index is 2.20. The van der Waals surface area contributed by atoms with Crippen LogP contribution in [0.25, 0.3) is 11.2 Å². The zero-order valence-corrected chi connectivity index (χ0v) is 13.4. The van der Waals surface area contributed by atoms with Crippen molar-refractivity contribution in [1.82, 2.24) is 24.3 Å². The van der Waals surface area contributed by atoms with E-state index in [1.165, 1.54) is 5.56 Å². The van der Waals surface area contributed by atoms with Crippen LogP contribution in [0, 0.1) is 13.8 Å². The molecule has 0 bridgehead atoms. The third kappa shape index (κ3) is 2.31. The number of rotatable bonds is 3. The summed E-state index contributed by atoms with van der Waals surface area (Å²) in [5.74, 6) is 0.874. The smallest absolute Gasteiger partial charge is 0.159 e. The summed E-state index contributed by atoms with van der Waals surface area (Å²) < 4.78 is 4.02. The molecule has 1 unspecified atom stereocenters. The first-order valence-corrected chi connectivity index (χ1v) is 7.36. The molecule has 0 aromatic carbocycles. The number of aryl methyl sites for hydroxylation is 3. The van der Waals surface area contributed by atoms with Gasteiger partial charge in [-0.15, -0.1) is 11.6 Å². The fraction of sp³-hybridized carbons (Fsp3) is 0.400. The standard InChI is InChI=1S/C15H18ClN5/c1-9-7-17-6-5-12(9)8-21-14(10(2)16)18-13-11(3)19-20(4)15(13)21/h5-7,10H,8H2,1-4H3. The van der Waals surface area contributed by atoms with E-state index in [4.69, 9.17) is 16.6 Å². The van der Waals surface area contributed by atoms with Gasteiger partial charge in [0.15, 0.2) is 5.65 Å². The summed E-state index contributed by atoms with van der Waals surface area (Å²) in [6, 6.07) is 2.03. The molecule has 1 atom stereocenters. The molecule has 0 saturated heterocycles. The Labute approximate surface area is 128 Å². The number of hydrogen-bond acceptors (Lipinski definition) is 3. The molecule has 0 aliphatic carbocycles. The molecule has 0 saturated carbocycles. The van der Waals surface area contributed by atoms with Crippen molar-refractivity contribution in [3.63, 3.8) is 0 Å². The van der Waals surface area contributed by atoms with Gasteiger partial charge in [-0.3, -0.25) is 9.67 Å². The van der Waals surface area contributed by atoms with Crippen molar-refractivity contribution in [2.24, 2.45) is 7.05 Å². The number of alkyl halides is 1. The highest BCUT2D eigenvalue weighted by Crippen LogP contribution is 2.27. The van der Waals surface area contributed by atoms with Crippen LogP contribution >= 0.6 is 11.6 Å². The minimum Gasteiger partial charge on any atom is -0.307 e. The lowest BCUT2D eigenvalue weighted by atomic mass is 10.1. The van der Waals surface area contributed by atoms with Crippen LogP contribution in [0.2, 0.25) is 0 Å². The molecule has 6 heteroatoms. The first-order valence-electron chi connectivity index (χ1n) is 6.92. The summed E-state index contributed by atoms with van der Waals surface area (Å²) in [5, 5.41) is 4.30. The maximum absolute atomic E-state index is 6.32. The molecule has 0 fully saturated rings. The van der Waals surface area contributed by atoms with Gasteiger partial charge in [-0.05, 0) is 38.0 Å². The van der Waals surface area contributed by atoms with Gasteiger partial charge >= 0.3 is 0 Å². The monoisotopic (exact) mass is 303 g/mol. The number of imidazole rings is 1. The second-order valence-electron chi connectivity index (χ2n) is 5.36. The van der Waals surface area contributed by atoms with Gasteiger partial charge in [-0.1, -0.05) is 0 Å². The quantitative estimate of drug-likeness (QED) is 0.698. The molecule has 0 amide bonds. The number of aromatic nitrogens is 5. The molecular formula is C15H18ClN5. The fourth-order valence-electron chi connectivity index (χ4n) is 2.66. The second kappa shape index (κ2) is 5.15. The molecule has 3 aromatic heterocycles. The molecule has 3 heterocycles. The van der Waals surface area contributed by atoms with Gasteiger partial charge in [0.2, 0.25) is 0 Å². The van der Waals surface area contributed by atoms with Crippen LogP contribution in [0.5, 0.6) is 0 Å². The number of halogens is 1. The first kappa shape index (κ1) is 14.1. The molecule has 0 radical (unpaired) electrons. The summed E-state index contributed by atoms with van der Waals surface area (Å²) in [6.45, 7) is 6.70. The molecule has 0 spiro atoms. The zero-order valence-electron chi connectivity index (χ0n) is 12.6. The van der Waals surface area contributed by atoms with Gasteiger partial charge < -0.3 is 4.57 Å². The van der Waals surface area contributed by atoms with Crippen molar-refractivity contribution in [1.29, 1.82) is 0 Å². The lowest BCUT2D eigenvalue weighted by Crippen LogP contribution is -2.10. The van der Waals surface area contributed by atoms with Crippen molar-refractivity contribution in [2.45, 2.75) is 32.7 Å². The zero-order chi connectivity index (χ0) is 15.1. The molecule has 0 N–H and O–H groups in total. The SMILES string of the molecule is Cc1cnccc1Cn1c(C(C)Cl)nc2c(C)nn(C)c21. The molecular weight excluding hydrogens is 286 g/mol. The summed E-state index contributed by atoms with van der Waals surface area (Å²) in [7, 11) is 1.94. The Kier molecular flexibility index (Phi) is 3.45. The Morgan fingerprint density at radius 2 is 2.10 bits per heavy atom. The predicted molar refractivity (Wildman–Crippen MR) is 83.6 cm³/mol. The molecule has 3 aromatic rings. The van der Waals surface area contributed by atoms with Gasteiger partial charge in [0, 0.05) is 19.4 Å². The van der Waals surface area contributed by atoms with Crippen molar-refractivity contribution >= 4 is 22.8 Å². The van der Waals surface area contributed by atoms with Crippen LogP contribution in [-0.2, 0) is 13.6 Å². The van der Waals surface area contributed by atoms with Gasteiger partial charge in [0.05, 0.1) is 17.6 Å². The van der Waals surface area contributed by atoms with E-state index in [-0.39, 0.29) is 5.38 Å². The minimum atomic E-state index is -0.154. The Morgan fingerprint density at radius 1 is 1.33 bits per heavy atom. The third-order valence-corrected chi connectivity index (χ3v) is 3.94. The summed E-state index contributed by atoms with van der Waals surface area (Å²) in [4.78, 5) is 8.84. The molecule has 5 nitrogen and oxygen atoms in total. The fourth-order valence-corrected chi connectivity index (χ4v) is 2.83. The minimum absolute atomic E-state index is 0.154. The lowest BCUT2D eigenvalue weighted by Gasteiger charge is -2.12. The van der Waals surface area contributed by atoms with Crippen LogP contribution < -0.4 is 0 Å². The van der Waals surface area contributed by atoms with Crippen molar-refractivity contribution in [2.75, 3.05) is 0 Å². The highest BCUT2D eigenvalue weighted by molar-refractivity contribution is 6.20. The summed E-state index contributed by atoms with van der Waals surface area (Å²) in [6.07, 6.45) is 3.69. The molecule has 21 heavy (non-hydrogen) atoms. The van der Waals surface area contributed by atoms with E-state index in [1.54, 1.807) is 0 Å². The normalized spacial score (nSPS) is 13.0. The first-order chi connectivity index (χ1) is 9.99. The highest BCUT2D eigenvalue weighted by Gasteiger charge is 2.20. The maximum Gasteiger partial charge on any atom is 0.159 e. The Hall–Kier alpha value is -1.88. The van der Waals surface area contributed by atoms with E-state index in [0.717, 1.165) is 34.8 Å². The van der Waals surface area contributed by atoms with Crippen molar-refractivity contribution in [3.8, 4) is 0 Å². The van der Waals surface area contributed by atoms with Crippen LogP contribution in [0.15, 0.2) is 18.5 Å². The molecule has 3 rings (SSSR count). The summed E-state index contributed by atoms with van der Waals surface area (Å²) in [5.41, 5.74) is 5.22. The Morgan fingerprint density at radius 3 is 2.76 bits per heavy atom. The average molecular weight is 304 g/mol. The van der Waals surface area contributed by atoms with Crippen LogP contribution in [0.3, 0.4) is 0 Å². The summed E-state index contributed by atoms with van der Waals surface area (Å²) >= 11 is 6.32. The molecule has 0 aliphatic heterocycles. The lowest BCUT2D eigenvalue weighted by molar-refractivity contribution is 0.684. The predicted octanol–water partition coefficient (Wildman–Crippen LogP) is 3.13. The van der Waals surface area contributed by atoms with E-state index in [1.807, 2.05) is 44.0 Å². The van der Waals surface area contributed by atoms with Crippen LogP contribution in [-0.4, -0.2) is 24.3 Å². The maximum atomic E-state index is 6.32. The average Bonchev–Trinajstić information content (AvgIpc) is 2.92. The number of hydrogen-bond donors (Lipinski definition) is 0. The number of pyridine rings is 1. The van der Waals surface area contributed by atoms with E-state index in [9.17, 15) is 0 Å². The topological polar surface area (TPSA) is 48.5 Å². The largest absolute Gasteiger partial charge is 0.307 e. The van der Waals surface area contributed by atoms with E-state index < -0.39 is 0 Å². The molecule has 110 valence electrons. The van der Waals surface area contributed by atoms with Crippen molar-refractivity contribution in [3.05, 3.63) is 41.1 Å². The van der Waals surface area contributed by atoms with E-state index in [0.29, 0.717) is 0 Å². The van der Waals surface area contributed by atoms with Gasteiger partial charge in [0.1, 0.15) is 11.3 Å². The highest BCUT2D eigenvalue weighted by atomic mass is 35.5. The molecule has 0 aliphatic rings. The van der Waals surface area contributed by atoms with Gasteiger partial charge in [0.25, 0.3) is 0 Å². The number of nitrogens with zero attached hydrogens (tertiary/aromatic N) is 5. The second-order valence-corrected chi connectivity index (χ2v) is 6.01. The van der Waals surface area contributed by atoms with Gasteiger partial charge in [-0.2, -0.15) is 5.10 Å². The van der Waals surface area contributed by atoms with Crippen LogP contribution in [0.1, 0.15) is 34.9 Å². The van der Waals surface area contributed by atoms with Crippen LogP contribution in [0.4, 0.5) is 0 Å². The van der Waals surface area contributed by atoms with Crippen molar-refractivity contribution < 1.29 is 0 Å². The third-order valence-electron chi connectivity index (χ3n) is 3.74.